The summed E-state index contributed by atoms with van der Waals surface area (Å²) < 4.78 is 1.59. The van der Waals surface area contributed by atoms with Crippen LogP contribution in [-0.2, 0) is 6.54 Å². The number of carbonyl (C=O) groups is 1. The molecule has 15 heavy (non-hydrogen) atoms. The van der Waals surface area contributed by atoms with Gasteiger partial charge in [0.25, 0.3) is 0 Å². The zero-order chi connectivity index (χ0) is 10.8. The first-order valence-corrected chi connectivity index (χ1v) is 5.32. The van der Waals surface area contributed by atoms with Crippen LogP contribution in [0.2, 0.25) is 0 Å². The molecular weight excluding hydrogens is 214 g/mol. The minimum atomic E-state index is -1.04. The molecule has 0 atom stereocenters. The lowest BCUT2D eigenvalue weighted by atomic mass is 10.2. The summed E-state index contributed by atoms with van der Waals surface area (Å²) in [6.45, 7) is 2.50. The van der Waals surface area contributed by atoms with E-state index in [0.717, 1.165) is 4.88 Å². The van der Waals surface area contributed by atoms with E-state index < -0.39 is 5.97 Å². The number of aryl methyl sites for hydroxylation is 1. The molecule has 2 heterocycles. The van der Waals surface area contributed by atoms with E-state index in [1.807, 2.05) is 24.4 Å². The highest BCUT2D eigenvalue weighted by Crippen LogP contribution is 2.26. The minimum Gasteiger partial charge on any atom is -0.476 e. The summed E-state index contributed by atoms with van der Waals surface area (Å²) in [5, 5.41) is 18.3. The van der Waals surface area contributed by atoms with Gasteiger partial charge in [-0.25, -0.2) is 9.48 Å². The molecule has 2 rings (SSSR count). The molecule has 0 aliphatic heterocycles. The van der Waals surface area contributed by atoms with E-state index >= 15 is 0 Å². The molecule has 0 saturated carbocycles. The van der Waals surface area contributed by atoms with Crippen molar-refractivity contribution in [2.24, 2.45) is 0 Å². The molecule has 0 saturated heterocycles. The van der Waals surface area contributed by atoms with Crippen LogP contribution in [0.15, 0.2) is 17.5 Å². The maximum atomic E-state index is 10.9. The Hall–Kier alpha value is -1.69. The lowest BCUT2D eigenvalue weighted by molar-refractivity contribution is 0.0691. The summed E-state index contributed by atoms with van der Waals surface area (Å²) in [6.07, 6.45) is 0. The monoisotopic (exact) mass is 223 g/mol. The first kappa shape index (κ1) is 9.85. The predicted octanol–water partition coefficient (Wildman–Crippen LogP) is 1.72. The number of hydrogen-bond acceptors (Lipinski definition) is 4. The third-order valence-electron chi connectivity index (χ3n) is 1.99. The van der Waals surface area contributed by atoms with E-state index in [-0.39, 0.29) is 5.69 Å². The zero-order valence-corrected chi connectivity index (χ0v) is 8.86. The fourth-order valence-corrected chi connectivity index (χ4v) is 2.11. The smallest absolute Gasteiger partial charge is 0.358 e. The molecule has 0 fully saturated rings. The van der Waals surface area contributed by atoms with Crippen LogP contribution in [0.25, 0.3) is 10.6 Å². The Bertz CT molecular complexity index is 476. The Balaban J connectivity index is 2.61. The second-order valence-electron chi connectivity index (χ2n) is 2.88. The summed E-state index contributed by atoms with van der Waals surface area (Å²) in [4.78, 5) is 11.8. The molecule has 78 valence electrons. The van der Waals surface area contributed by atoms with Crippen molar-refractivity contribution in [3.05, 3.63) is 23.2 Å². The lowest BCUT2D eigenvalue weighted by Crippen LogP contribution is -2.02. The van der Waals surface area contributed by atoms with Crippen molar-refractivity contribution in [2.75, 3.05) is 0 Å². The standard InChI is InChI=1S/C9H9N3O2S/c1-2-12-8(6-4-3-5-15-6)7(9(13)14)10-11-12/h3-5H,2H2,1H3,(H,13,14). The molecule has 5 nitrogen and oxygen atoms in total. The van der Waals surface area contributed by atoms with E-state index in [4.69, 9.17) is 5.11 Å². The molecule has 0 spiro atoms. The molecular formula is C9H9N3O2S. The molecule has 0 bridgehead atoms. The second kappa shape index (κ2) is 3.82. The van der Waals surface area contributed by atoms with Crippen LogP contribution in [0, 0.1) is 0 Å². The fraction of sp³-hybridized carbons (Fsp3) is 0.222. The number of aromatic carboxylic acids is 1. The predicted molar refractivity (Wildman–Crippen MR) is 56.0 cm³/mol. The number of nitrogens with zero attached hydrogens (tertiary/aromatic N) is 3. The van der Waals surface area contributed by atoms with Crippen molar-refractivity contribution in [1.82, 2.24) is 15.0 Å². The fourth-order valence-electron chi connectivity index (χ4n) is 1.34. The highest BCUT2D eigenvalue weighted by Gasteiger charge is 2.20. The first-order valence-electron chi connectivity index (χ1n) is 4.44. The van der Waals surface area contributed by atoms with Gasteiger partial charge in [-0.1, -0.05) is 11.3 Å². The van der Waals surface area contributed by atoms with E-state index in [0.29, 0.717) is 12.2 Å². The van der Waals surface area contributed by atoms with E-state index in [1.165, 1.54) is 11.3 Å². The van der Waals surface area contributed by atoms with Gasteiger partial charge >= 0.3 is 5.97 Å². The number of rotatable bonds is 3. The van der Waals surface area contributed by atoms with Gasteiger partial charge in [0.2, 0.25) is 0 Å². The molecule has 0 radical (unpaired) electrons. The molecule has 0 aliphatic carbocycles. The van der Waals surface area contributed by atoms with Gasteiger partial charge in [-0.15, -0.1) is 16.4 Å². The average molecular weight is 223 g/mol. The first-order chi connectivity index (χ1) is 7.24. The maximum Gasteiger partial charge on any atom is 0.358 e. The van der Waals surface area contributed by atoms with Crippen LogP contribution in [0.3, 0.4) is 0 Å². The van der Waals surface area contributed by atoms with Crippen LogP contribution in [0.4, 0.5) is 0 Å². The Morgan fingerprint density at radius 2 is 2.47 bits per heavy atom. The van der Waals surface area contributed by atoms with Gasteiger partial charge in [0, 0.05) is 6.54 Å². The Labute approximate surface area is 90.0 Å². The highest BCUT2D eigenvalue weighted by atomic mass is 32.1. The summed E-state index contributed by atoms with van der Waals surface area (Å²) in [6, 6.07) is 3.74. The van der Waals surface area contributed by atoms with Gasteiger partial charge in [-0.3, -0.25) is 0 Å². The highest BCUT2D eigenvalue weighted by molar-refractivity contribution is 7.13. The van der Waals surface area contributed by atoms with E-state index in [9.17, 15) is 4.79 Å². The Morgan fingerprint density at radius 1 is 1.67 bits per heavy atom. The van der Waals surface area contributed by atoms with Crippen molar-refractivity contribution in [3.8, 4) is 10.6 Å². The van der Waals surface area contributed by atoms with E-state index in [2.05, 4.69) is 10.3 Å². The average Bonchev–Trinajstić information content (AvgIpc) is 2.85. The van der Waals surface area contributed by atoms with Crippen LogP contribution in [0.5, 0.6) is 0 Å². The quantitative estimate of drug-likeness (QED) is 0.860. The number of aromatic nitrogens is 3. The minimum absolute atomic E-state index is 0.0132. The van der Waals surface area contributed by atoms with Crippen molar-refractivity contribution in [3.63, 3.8) is 0 Å². The third-order valence-corrected chi connectivity index (χ3v) is 2.87. The molecule has 0 aliphatic rings. The van der Waals surface area contributed by atoms with Crippen molar-refractivity contribution >= 4 is 17.3 Å². The van der Waals surface area contributed by atoms with E-state index in [1.54, 1.807) is 4.68 Å². The molecule has 6 heteroatoms. The van der Waals surface area contributed by atoms with Gasteiger partial charge in [-0.05, 0) is 18.4 Å². The topological polar surface area (TPSA) is 68.0 Å². The molecule has 0 aromatic carbocycles. The lowest BCUT2D eigenvalue weighted by Gasteiger charge is -2.00. The SMILES string of the molecule is CCn1nnc(C(=O)O)c1-c1cccs1. The van der Waals surface area contributed by atoms with Crippen LogP contribution >= 0.6 is 11.3 Å². The third kappa shape index (κ3) is 1.63. The Morgan fingerprint density at radius 3 is 3.00 bits per heavy atom. The van der Waals surface area contributed by atoms with Crippen molar-refractivity contribution in [1.29, 1.82) is 0 Å². The van der Waals surface area contributed by atoms with Crippen molar-refractivity contribution in [2.45, 2.75) is 13.5 Å². The molecule has 2 aromatic heterocycles. The zero-order valence-electron chi connectivity index (χ0n) is 8.04. The van der Waals surface area contributed by atoms with Gasteiger partial charge in [0.15, 0.2) is 5.69 Å². The largest absolute Gasteiger partial charge is 0.476 e. The summed E-state index contributed by atoms with van der Waals surface area (Å²) in [5.74, 6) is -1.04. The van der Waals surface area contributed by atoms with Gasteiger partial charge < -0.3 is 5.11 Å². The summed E-state index contributed by atoms with van der Waals surface area (Å²) >= 11 is 1.48. The molecule has 1 N–H and O–H groups in total. The van der Waals surface area contributed by atoms with Crippen LogP contribution in [0.1, 0.15) is 17.4 Å². The van der Waals surface area contributed by atoms with Crippen LogP contribution < -0.4 is 0 Å². The number of carboxylic acids is 1. The van der Waals surface area contributed by atoms with Crippen LogP contribution in [-0.4, -0.2) is 26.1 Å². The molecule has 0 unspecified atom stereocenters. The maximum absolute atomic E-state index is 10.9. The number of thiophene rings is 1. The molecule has 2 aromatic rings. The number of hydrogen-bond donors (Lipinski definition) is 1. The van der Waals surface area contributed by atoms with Gasteiger partial charge in [0.05, 0.1) is 4.88 Å². The van der Waals surface area contributed by atoms with Gasteiger partial charge in [-0.2, -0.15) is 0 Å². The Kier molecular flexibility index (Phi) is 2.51. The summed E-state index contributed by atoms with van der Waals surface area (Å²) in [5.41, 5.74) is 0.597. The number of carboxylic acid groups (broad SMARTS) is 1. The summed E-state index contributed by atoms with van der Waals surface area (Å²) in [7, 11) is 0. The second-order valence-corrected chi connectivity index (χ2v) is 3.83. The van der Waals surface area contributed by atoms with Gasteiger partial charge in [0.1, 0.15) is 5.69 Å². The van der Waals surface area contributed by atoms with Crippen molar-refractivity contribution < 1.29 is 9.90 Å². The normalized spacial score (nSPS) is 10.5. The molecule has 0 amide bonds.